The molecule has 1 atom stereocenters. The van der Waals surface area contributed by atoms with Gasteiger partial charge in [0.2, 0.25) is 5.91 Å². The Hall–Kier alpha value is -2.44. The van der Waals surface area contributed by atoms with Crippen LogP contribution >= 0.6 is 0 Å². The predicted octanol–water partition coefficient (Wildman–Crippen LogP) is 3.56. The van der Waals surface area contributed by atoms with Crippen molar-refractivity contribution in [3.05, 3.63) is 48.8 Å². The summed E-state index contributed by atoms with van der Waals surface area (Å²) < 4.78 is 11.2. The number of benzene rings is 1. The molecule has 0 radical (unpaired) electrons. The second kappa shape index (κ2) is 9.17. The van der Waals surface area contributed by atoms with Gasteiger partial charge in [0, 0.05) is 31.0 Å². The Bertz CT molecular complexity index is 752. The van der Waals surface area contributed by atoms with E-state index in [0.717, 1.165) is 57.1 Å². The van der Waals surface area contributed by atoms with E-state index in [1.807, 2.05) is 36.4 Å². The summed E-state index contributed by atoms with van der Waals surface area (Å²) in [6, 6.07) is 11.1. The Kier molecular flexibility index (Phi) is 6.19. The number of likely N-dealkylation sites (tertiary alicyclic amines) is 1. The molecule has 4 rings (SSSR count). The van der Waals surface area contributed by atoms with Gasteiger partial charge in [-0.25, -0.2) is 0 Å². The predicted molar refractivity (Wildman–Crippen MR) is 107 cm³/mol. The number of anilines is 1. The minimum Gasteiger partial charge on any atom is -0.456 e. The molecule has 2 aliphatic rings. The molecular formula is C22H27N3O3. The number of pyridine rings is 1. The third kappa shape index (κ3) is 5.09. The largest absolute Gasteiger partial charge is 0.456 e. The van der Waals surface area contributed by atoms with E-state index in [9.17, 15) is 4.79 Å². The molecule has 1 aromatic heterocycles. The topological polar surface area (TPSA) is 63.7 Å². The lowest BCUT2D eigenvalue weighted by Crippen LogP contribution is -2.40. The van der Waals surface area contributed by atoms with E-state index >= 15 is 0 Å². The molecule has 0 saturated carbocycles. The highest BCUT2D eigenvalue weighted by Gasteiger charge is 2.27. The fourth-order valence-corrected chi connectivity index (χ4v) is 3.86. The first-order valence-corrected chi connectivity index (χ1v) is 10.1. The van der Waals surface area contributed by atoms with Crippen molar-refractivity contribution in [2.24, 2.45) is 11.8 Å². The van der Waals surface area contributed by atoms with Crippen LogP contribution in [0.25, 0.3) is 0 Å². The number of hydrogen-bond acceptors (Lipinski definition) is 5. The van der Waals surface area contributed by atoms with Crippen LogP contribution < -0.4 is 10.1 Å². The lowest BCUT2D eigenvalue weighted by atomic mass is 9.95. The van der Waals surface area contributed by atoms with Crippen LogP contribution in [0.1, 0.15) is 19.3 Å². The third-order valence-electron chi connectivity index (χ3n) is 5.49. The molecule has 2 fully saturated rings. The second-order valence-electron chi connectivity index (χ2n) is 7.61. The van der Waals surface area contributed by atoms with Gasteiger partial charge in [-0.3, -0.25) is 9.78 Å². The molecule has 6 nitrogen and oxygen atoms in total. The van der Waals surface area contributed by atoms with Crippen molar-refractivity contribution >= 4 is 11.6 Å². The summed E-state index contributed by atoms with van der Waals surface area (Å²) in [6.07, 6.45) is 6.38. The summed E-state index contributed by atoms with van der Waals surface area (Å²) in [5.74, 6) is 2.27. The molecule has 1 N–H and O–H groups in total. The first kappa shape index (κ1) is 18.9. The Labute approximate surface area is 165 Å². The Morgan fingerprint density at radius 2 is 1.96 bits per heavy atom. The number of carbonyl (C=O) groups is 1. The molecule has 2 aromatic rings. The van der Waals surface area contributed by atoms with Crippen molar-refractivity contribution in [1.82, 2.24) is 9.88 Å². The van der Waals surface area contributed by atoms with Crippen LogP contribution in [0.3, 0.4) is 0 Å². The van der Waals surface area contributed by atoms with Crippen molar-refractivity contribution in [3.63, 3.8) is 0 Å². The van der Waals surface area contributed by atoms with E-state index < -0.39 is 0 Å². The van der Waals surface area contributed by atoms with Gasteiger partial charge < -0.3 is 19.7 Å². The van der Waals surface area contributed by atoms with Gasteiger partial charge in [0.1, 0.15) is 11.5 Å². The molecule has 2 aliphatic heterocycles. The second-order valence-corrected chi connectivity index (χ2v) is 7.61. The summed E-state index contributed by atoms with van der Waals surface area (Å²) >= 11 is 0. The van der Waals surface area contributed by atoms with Crippen LogP contribution in [0.15, 0.2) is 48.8 Å². The number of piperidine rings is 1. The van der Waals surface area contributed by atoms with Crippen molar-refractivity contribution < 1.29 is 14.3 Å². The fraction of sp³-hybridized carbons (Fsp3) is 0.455. The molecule has 2 saturated heterocycles. The molecule has 1 amide bonds. The standard InChI is InChI=1S/C22H27N3O3/c26-22(18-7-11-25(12-8-18)15-17-9-13-27-16-17)24-19-3-5-20(6-4-19)28-21-2-1-10-23-14-21/h1-6,10,14,17-18H,7-9,11-13,15-16H2,(H,24,26)/t17-/m0/s1. The molecule has 0 unspecified atom stereocenters. The summed E-state index contributed by atoms with van der Waals surface area (Å²) in [7, 11) is 0. The van der Waals surface area contributed by atoms with Crippen LogP contribution in [0.5, 0.6) is 11.5 Å². The van der Waals surface area contributed by atoms with Gasteiger partial charge in [-0.15, -0.1) is 0 Å². The zero-order valence-corrected chi connectivity index (χ0v) is 16.0. The maximum absolute atomic E-state index is 12.6. The number of hydrogen-bond donors (Lipinski definition) is 1. The van der Waals surface area contributed by atoms with E-state index in [2.05, 4.69) is 15.2 Å². The highest BCUT2D eigenvalue weighted by Crippen LogP contribution is 2.24. The molecule has 6 heteroatoms. The van der Waals surface area contributed by atoms with Gasteiger partial charge in [-0.05, 0) is 74.7 Å². The van der Waals surface area contributed by atoms with Gasteiger partial charge >= 0.3 is 0 Å². The smallest absolute Gasteiger partial charge is 0.227 e. The van der Waals surface area contributed by atoms with Crippen molar-refractivity contribution in [2.45, 2.75) is 19.3 Å². The molecule has 1 aromatic carbocycles. The minimum atomic E-state index is 0.0856. The van der Waals surface area contributed by atoms with Crippen LogP contribution in [-0.2, 0) is 9.53 Å². The number of rotatable bonds is 6. The van der Waals surface area contributed by atoms with Gasteiger partial charge in [0.25, 0.3) is 0 Å². The van der Waals surface area contributed by atoms with Crippen LogP contribution in [0, 0.1) is 11.8 Å². The number of nitrogens with zero attached hydrogens (tertiary/aromatic N) is 2. The Morgan fingerprint density at radius 1 is 1.14 bits per heavy atom. The monoisotopic (exact) mass is 381 g/mol. The zero-order valence-electron chi connectivity index (χ0n) is 16.0. The quantitative estimate of drug-likeness (QED) is 0.829. The number of aromatic nitrogens is 1. The molecular weight excluding hydrogens is 354 g/mol. The lowest BCUT2D eigenvalue weighted by molar-refractivity contribution is -0.121. The maximum atomic E-state index is 12.6. The first-order valence-electron chi connectivity index (χ1n) is 10.1. The van der Waals surface area contributed by atoms with E-state index in [0.29, 0.717) is 11.7 Å². The average Bonchev–Trinajstić information content (AvgIpc) is 3.24. The van der Waals surface area contributed by atoms with E-state index in [1.54, 1.807) is 12.4 Å². The van der Waals surface area contributed by atoms with E-state index in [4.69, 9.17) is 9.47 Å². The Morgan fingerprint density at radius 3 is 2.64 bits per heavy atom. The molecule has 3 heterocycles. The minimum absolute atomic E-state index is 0.0856. The van der Waals surface area contributed by atoms with Crippen molar-refractivity contribution in [2.75, 3.05) is 38.2 Å². The SMILES string of the molecule is O=C(Nc1ccc(Oc2cccnc2)cc1)C1CCN(C[C@@H]2CCOC2)CC1. The van der Waals surface area contributed by atoms with Crippen LogP contribution in [0.2, 0.25) is 0 Å². The fourth-order valence-electron chi connectivity index (χ4n) is 3.86. The molecule has 28 heavy (non-hydrogen) atoms. The van der Waals surface area contributed by atoms with Gasteiger partial charge in [-0.2, -0.15) is 0 Å². The lowest BCUT2D eigenvalue weighted by Gasteiger charge is -2.32. The maximum Gasteiger partial charge on any atom is 0.227 e. The molecule has 0 bridgehead atoms. The molecule has 148 valence electrons. The number of ether oxygens (including phenoxy) is 2. The van der Waals surface area contributed by atoms with E-state index in [-0.39, 0.29) is 11.8 Å². The summed E-state index contributed by atoms with van der Waals surface area (Å²) in [4.78, 5) is 19.1. The summed E-state index contributed by atoms with van der Waals surface area (Å²) in [5.41, 5.74) is 0.800. The third-order valence-corrected chi connectivity index (χ3v) is 5.49. The normalized spacial score (nSPS) is 20.8. The average molecular weight is 381 g/mol. The highest BCUT2D eigenvalue weighted by atomic mass is 16.5. The molecule has 0 spiro atoms. The van der Waals surface area contributed by atoms with Gasteiger partial charge in [0.05, 0.1) is 12.8 Å². The van der Waals surface area contributed by atoms with Gasteiger partial charge in [0.15, 0.2) is 0 Å². The van der Waals surface area contributed by atoms with Gasteiger partial charge in [-0.1, -0.05) is 0 Å². The van der Waals surface area contributed by atoms with Crippen LogP contribution in [0.4, 0.5) is 5.69 Å². The van der Waals surface area contributed by atoms with E-state index in [1.165, 1.54) is 6.42 Å². The zero-order chi connectivity index (χ0) is 19.2. The first-order chi connectivity index (χ1) is 13.8. The highest BCUT2D eigenvalue weighted by molar-refractivity contribution is 5.92. The molecule has 0 aliphatic carbocycles. The van der Waals surface area contributed by atoms with Crippen molar-refractivity contribution in [1.29, 1.82) is 0 Å². The number of nitrogens with one attached hydrogen (secondary N) is 1. The number of amides is 1. The van der Waals surface area contributed by atoms with Crippen molar-refractivity contribution in [3.8, 4) is 11.5 Å². The number of carbonyl (C=O) groups excluding carboxylic acids is 1. The summed E-state index contributed by atoms with van der Waals surface area (Å²) in [6.45, 7) is 4.88. The van der Waals surface area contributed by atoms with Crippen LogP contribution in [-0.4, -0.2) is 48.6 Å². The Balaban J connectivity index is 1.23. The summed E-state index contributed by atoms with van der Waals surface area (Å²) in [5, 5.41) is 3.05.